The van der Waals surface area contributed by atoms with Crippen LogP contribution in [-0.2, 0) is 0 Å². The van der Waals surface area contributed by atoms with Crippen LogP contribution in [0.15, 0.2) is 24.3 Å². The summed E-state index contributed by atoms with van der Waals surface area (Å²) in [7, 11) is 0. The van der Waals surface area contributed by atoms with Crippen LogP contribution >= 0.6 is 0 Å². The van der Waals surface area contributed by atoms with Gasteiger partial charge in [-0.3, -0.25) is 0 Å². The summed E-state index contributed by atoms with van der Waals surface area (Å²) in [6, 6.07) is 5.28. The highest BCUT2D eigenvalue weighted by Crippen LogP contribution is 2.27. The zero-order valence-electron chi connectivity index (χ0n) is 7.96. The zero-order valence-corrected chi connectivity index (χ0v) is 7.96. The number of aromatic hydroxyl groups is 1. The van der Waals surface area contributed by atoms with Gasteiger partial charge in [-0.1, -0.05) is 12.1 Å². The van der Waals surface area contributed by atoms with Gasteiger partial charge >= 0.3 is 6.18 Å². The Bertz CT molecular complexity index is 325. The minimum Gasteiger partial charge on any atom is -0.508 e. The normalized spacial score (nSPS) is 13.9. The second-order valence-electron chi connectivity index (χ2n) is 3.36. The molecule has 0 saturated heterocycles. The maximum atomic E-state index is 11.9. The summed E-state index contributed by atoms with van der Waals surface area (Å²) in [5, 5.41) is 9.11. The first-order chi connectivity index (χ1) is 6.88. The van der Waals surface area contributed by atoms with E-state index in [1.54, 1.807) is 12.1 Å². The lowest BCUT2D eigenvalue weighted by Crippen LogP contribution is -2.15. The Hall–Kier alpha value is -1.23. The Labute approximate surface area is 85.5 Å². The zero-order chi connectivity index (χ0) is 11.5. The molecule has 1 rings (SSSR count). The molecule has 2 nitrogen and oxygen atoms in total. The molecule has 0 radical (unpaired) electrons. The Balaban J connectivity index is 2.58. The van der Waals surface area contributed by atoms with Crippen molar-refractivity contribution in [1.29, 1.82) is 0 Å². The van der Waals surface area contributed by atoms with Crippen LogP contribution in [0, 0.1) is 0 Å². The molecule has 0 aromatic heterocycles. The van der Waals surface area contributed by atoms with E-state index in [4.69, 9.17) is 10.8 Å². The van der Waals surface area contributed by atoms with Crippen molar-refractivity contribution in [2.45, 2.75) is 25.1 Å². The average Bonchev–Trinajstić information content (AvgIpc) is 2.13. The van der Waals surface area contributed by atoms with Crippen LogP contribution in [0.1, 0.15) is 24.4 Å². The van der Waals surface area contributed by atoms with Gasteiger partial charge in [0.2, 0.25) is 0 Å². The predicted molar refractivity (Wildman–Crippen MR) is 50.3 cm³/mol. The summed E-state index contributed by atoms with van der Waals surface area (Å²) in [5.74, 6) is 0.00922. The van der Waals surface area contributed by atoms with Crippen molar-refractivity contribution >= 4 is 0 Å². The number of phenolic OH excluding ortho intramolecular Hbond substituents is 1. The van der Waals surface area contributed by atoms with Crippen molar-refractivity contribution in [3.05, 3.63) is 29.8 Å². The van der Waals surface area contributed by atoms with Gasteiger partial charge in [-0.05, 0) is 24.1 Å². The van der Waals surface area contributed by atoms with E-state index >= 15 is 0 Å². The minimum atomic E-state index is -4.19. The molecule has 0 saturated carbocycles. The van der Waals surface area contributed by atoms with E-state index in [0.29, 0.717) is 5.56 Å². The quantitative estimate of drug-likeness (QED) is 0.821. The van der Waals surface area contributed by atoms with Crippen molar-refractivity contribution < 1.29 is 18.3 Å². The lowest BCUT2D eigenvalue weighted by molar-refractivity contribution is -0.136. The molecular weight excluding hydrogens is 207 g/mol. The predicted octanol–water partition coefficient (Wildman–Crippen LogP) is 2.73. The second kappa shape index (κ2) is 4.53. The highest BCUT2D eigenvalue weighted by molar-refractivity contribution is 5.29. The Kier molecular flexibility index (Phi) is 3.57. The summed E-state index contributed by atoms with van der Waals surface area (Å²) < 4.78 is 35.7. The molecule has 0 aliphatic rings. The molecule has 0 aliphatic carbocycles. The Morgan fingerprint density at radius 2 is 2.00 bits per heavy atom. The van der Waals surface area contributed by atoms with Gasteiger partial charge in [-0.15, -0.1) is 0 Å². The topological polar surface area (TPSA) is 46.2 Å². The van der Waals surface area contributed by atoms with Crippen molar-refractivity contribution in [2.24, 2.45) is 5.73 Å². The fourth-order valence-corrected chi connectivity index (χ4v) is 1.24. The molecule has 5 heteroatoms. The molecular formula is C10H12F3NO. The second-order valence-corrected chi connectivity index (χ2v) is 3.36. The SMILES string of the molecule is N[C@H](CCC(F)(F)F)c1cccc(O)c1. The van der Waals surface area contributed by atoms with Crippen LogP contribution in [0.4, 0.5) is 13.2 Å². The van der Waals surface area contributed by atoms with Crippen molar-refractivity contribution in [3.8, 4) is 5.75 Å². The lowest BCUT2D eigenvalue weighted by Gasteiger charge is -2.13. The van der Waals surface area contributed by atoms with E-state index in [9.17, 15) is 13.2 Å². The third kappa shape index (κ3) is 4.20. The van der Waals surface area contributed by atoms with Crippen LogP contribution in [0.2, 0.25) is 0 Å². The maximum Gasteiger partial charge on any atom is 0.389 e. The number of phenols is 1. The third-order valence-corrected chi connectivity index (χ3v) is 2.04. The highest BCUT2D eigenvalue weighted by atomic mass is 19.4. The fraction of sp³-hybridized carbons (Fsp3) is 0.400. The first kappa shape index (κ1) is 11.8. The number of hydrogen-bond acceptors (Lipinski definition) is 2. The van der Waals surface area contributed by atoms with Crippen molar-refractivity contribution in [1.82, 2.24) is 0 Å². The molecule has 0 aliphatic heterocycles. The van der Waals surface area contributed by atoms with Gasteiger partial charge < -0.3 is 10.8 Å². The van der Waals surface area contributed by atoms with Crippen LogP contribution < -0.4 is 5.73 Å². The summed E-state index contributed by atoms with van der Waals surface area (Å²) in [5.41, 5.74) is 6.07. The number of halogens is 3. The van der Waals surface area contributed by atoms with Gasteiger partial charge in [-0.2, -0.15) is 13.2 Å². The molecule has 0 unspecified atom stereocenters. The molecule has 84 valence electrons. The lowest BCUT2D eigenvalue weighted by atomic mass is 10.0. The molecule has 1 aromatic carbocycles. The Morgan fingerprint density at radius 3 is 2.53 bits per heavy atom. The van der Waals surface area contributed by atoms with E-state index in [1.807, 2.05) is 0 Å². The van der Waals surface area contributed by atoms with Gasteiger partial charge in [0, 0.05) is 12.5 Å². The largest absolute Gasteiger partial charge is 0.508 e. The van der Waals surface area contributed by atoms with E-state index in [-0.39, 0.29) is 12.2 Å². The number of rotatable bonds is 3. The van der Waals surface area contributed by atoms with E-state index < -0.39 is 18.6 Å². The number of benzene rings is 1. The van der Waals surface area contributed by atoms with Crippen LogP contribution in [-0.4, -0.2) is 11.3 Å². The Morgan fingerprint density at radius 1 is 1.33 bits per heavy atom. The van der Waals surface area contributed by atoms with Crippen LogP contribution in [0.25, 0.3) is 0 Å². The molecule has 3 N–H and O–H groups in total. The molecule has 15 heavy (non-hydrogen) atoms. The third-order valence-electron chi connectivity index (χ3n) is 2.04. The van der Waals surface area contributed by atoms with Gasteiger partial charge in [0.15, 0.2) is 0 Å². The summed E-state index contributed by atoms with van der Waals surface area (Å²) in [6.07, 6.45) is -5.27. The van der Waals surface area contributed by atoms with Gasteiger partial charge in [0.05, 0.1) is 0 Å². The maximum absolute atomic E-state index is 11.9. The summed E-state index contributed by atoms with van der Waals surface area (Å²) in [6.45, 7) is 0. The van der Waals surface area contributed by atoms with E-state index in [0.717, 1.165) is 0 Å². The molecule has 0 spiro atoms. The van der Waals surface area contributed by atoms with Gasteiger partial charge in [0.1, 0.15) is 5.75 Å². The molecule has 0 heterocycles. The molecule has 0 bridgehead atoms. The first-order valence-corrected chi connectivity index (χ1v) is 4.50. The highest BCUT2D eigenvalue weighted by Gasteiger charge is 2.27. The van der Waals surface area contributed by atoms with Gasteiger partial charge in [-0.25, -0.2) is 0 Å². The van der Waals surface area contributed by atoms with Gasteiger partial charge in [0.25, 0.3) is 0 Å². The monoisotopic (exact) mass is 219 g/mol. The molecule has 1 aromatic rings. The van der Waals surface area contributed by atoms with Crippen molar-refractivity contribution in [3.63, 3.8) is 0 Å². The molecule has 0 fully saturated rings. The van der Waals surface area contributed by atoms with Crippen LogP contribution in [0.5, 0.6) is 5.75 Å². The number of hydrogen-bond donors (Lipinski definition) is 2. The smallest absolute Gasteiger partial charge is 0.389 e. The number of nitrogens with two attached hydrogens (primary N) is 1. The first-order valence-electron chi connectivity index (χ1n) is 4.50. The van der Waals surface area contributed by atoms with Crippen molar-refractivity contribution in [2.75, 3.05) is 0 Å². The summed E-state index contributed by atoms with van der Waals surface area (Å²) in [4.78, 5) is 0. The van der Waals surface area contributed by atoms with E-state index in [1.165, 1.54) is 12.1 Å². The van der Waals surface area contributed by atoms with E-state index in [2.05, 4.69) is 0 Å². The van der Waals surface area contributed by atoms with Crippen LogP contribution in [0.3, 0.4) is 0 Å². The molecule has 1 atom stereocenters. The summed E-state index contributed by atoms with van der Waals surface area (Å²) >= 11 is 0. The standard InChI is InChI=1S/C10H12F3NO/c11-10(12,13)5-4-9(14)7-2-1-3-8(15)6-7/h1-3,6,9,15H,4-5,14H2/t9-/m1/s1. The average molecular weight is 219 g/mol. The molecule has 0 amide bonds. The fourth-order valence-electron chi connectivity index (χ4n) is 1.24. The minimum absolute atomic E-state index is 0.00922. The number of alkyl halides is 3.